The third-order valence-corrected chi connectivity index (χ3v) is 14.2. The van der Waals surface area contributed by atoms with Crippen molar-refractivity contribution in [2.24, 2.45) is 0 Å². The van der Waals surface area contributed by atoms with Gasteiger partial charge in [0.15, 0.2) is 6.10 Å². The Morgan fingerprint density at radius 2 is 0.507 bits per heavy atom. The molecule has 0 aliphatic carbocycles. The molecule has 0 aliphatic heterocycles. The standard InChI is InChI=1S/C69H122O6/c1-4-7-10-13-16-19-22-25-28-31-33-34-36-39-42-45-48-51-54-57-60-63-69(72)75-66(64-73-67(70)61-58-55-52-49-46-43-40-37-30-27-24-21-18-15-12-9-6-3)65-74-68(71)62-59-56-53-50-47-44-41-38-35-32-29-26-23-20-17-14-11-8-5-2/h17,20,25-26,28-29,35,38,44,47,53,56,66H,4-16,18-19,21-24,27,30-34,36-37,39-43,45-46,48-52,54-55,57-65H2,1-3H3/b20-17-,28-25-,29-26-,38-35-,47-44-,56-53-/t66-/m0/s1. The van der Waals surface area contributed by atoms with E-state index in [1.165, 1.54) is 218 Å². The third-order valence-electron chi connectivity index (χ3n) is 14.2. The summed E-state index contributed by atoms with van der Waals surface area (Å²) in [6.45, 7) is 6.59. The molecule has 0 aliphatic rings. The van der Waals surface area contributed by atoms with E-state index in [2.05, 4.69) is 87.6 Å². The highest BCUT2D eigenvalue weighted by molar-refractivity contribution is 5.71. The Labute approximate surface area is 465 Å². The van der Waals surface area contributed by atoms with Gasteiger partial charge in [0.1, 0.15) is 13.2 Å². The first kappa shape index (κ1) is 71.8. The van der Waals surface area contributed by atoms with Crippen molar-refractivity contribution in [3.8, 4) is 0 Å². The molecule has 0 aromatic heterocycles. The molecule has 0 rings (SSSR count). The molecule has 0 spiro atoms. The monoisotopic (exact) mass is 1050 g/mol. The molecule has 0 amide bonds. The summed E-state index contributed by atoms with van der Waals surface area (Å²) in [7, 11) is 0. The first-order valence-corrected chi connectivity index (χ1v) is 32.4. The lowest BCUT2D eigenvalue weighted by Gasteiger charge is -2.18. The van der Waals surface area contributed by atoms with Gasteiger partial charge in [-0.3, -0.25) is 14.4 Å². The molecule has 6 nitrogen and oxygen atoms in total. The lowest BCUT2D eigenvalue weighted by Crippen LogP contribution is -2.30. The first-order chi connectivity index (χ1) is 37.0. The number of hydrogen-bond donors (Lipinski definition) is 0. The maximum absolute atomic E-state index is 12.9. The van der Waals surface area contributed by atoms with Gasteiger partial charge in [-0.05, 0) is 83.5 Å². The van der Waals surface area contributed by atoms with Gasteiger partial charge >= 0.3 is 17.9 Å². The molecule has 0 aromatic rings. The highest BCUT2D eigenvalue weighted by atomic mass is 16.6. The van der Waals surface area contributed by atoms with Crippen molar-refractivity contribution >= 4 is 17.9 Å². The molecular formula is C69H122O6. The van der Waals surface area contributed by atoms with E-state index in [-0.39, 0.29) is 37.5 Å². The maximum Gasteiger partial charge on any atom is 0.306 e. The van der Waals surface area contributed by atoms with Gasteiger partial charge in [-0.1, -0.05) is 299 Å². The van der Waals surface area contributed by atoms with Crippen LogP contribution in [-0.4, -0.2) is 37.2 Å². The van der Waals surface area contributed by atoms with Crippen LogP contribution in [0.4, 0.5) is 0 Å². The molecule has 6 heteroatoms. The summed E-state index contributed by atoms with van der Waals surface area (Å²) in [5.41, 5.74) is 0. The van der Waals surface area contributed by atoms with Gasteiger partial charge in [0, 0.05) is 19.3 Å². The summed E-state index contributed by atoms with van der Waals surface area (Å²) in [5.74, 6) is -0.965. The van der Waals surface area contributed by atoms with E-state index in [0.29, 0.717) is 19.3 Å². The first-order valence-electron chi connectivity index (χ1n) is 32.4. The fourth-order valence-electron chi connectivity index (χ4n) is 9.31. The molecule has 0 unspecified atom stereocenters. The van der Waals surface area contributed by atoms with E-state index in [9.17, 15) is 14.4 Å². The van der Waals surface area contributed by atoms with Crippen molar-refractivity contribution in [2.75, 3.05) is 13.2 Å². The number of hydrogen-bond acceptors (Lipinski definition) is 6. The van der Waals surface area contributed by atoms with E-state index >= 15 is 0 Å². The lowest BCUT2D eigenvalue weighted by molar-refractivity contribution is -0.166. The Balaban J connectivity index is 4.44. The van der Waals surface area contributed by atoms with Crippen molar-refractivity contribution < 1.29 is 28.6 Å². The summed E-state index contributed by atoms with van der Waals surface area (Å²) in [4.78, 5) is 38.3. The summed E-state index contributed by atoms with van der Waals surface area (Å²) in [6, 6.07) is 0. The average Bonchev–Trinajstić information content (AvgIpc) is 3.41. The van der Waals surface area contributed by atoms with Gasteiger partial charge in [-0.25, -0.2) is 0 Å². The smallest absolute Gasteiger partial charge is 0.306 e. The van der Waals surface area contributed by atoms with Gasteiger partial charge in [0.25, 0.3) is 0 Å². The fourth-order valence-corrected chi connectivity index (χ4v) is 9.31. The Morgan fingerprint density at radius 1 is 0.267 bits per heavy atom. The Morgan fingerprint density at radius 3 is 0.867 bits per heavy atom. The molecule has 0 fully saturated rings. The van der Waals surface area contributed by atoms with Gasteiger partial charge in [0.05, 0.1) is 0 Å². The topological polar surface area (TPSA) is 78.9 Å². The summed E-state index contributed by atoms with van der Waals surface area (Å²) in [5, 5.41) is 0. The molecule has 0 aromatic carbocycles. The lowest BCUT2D eigenvalue weighted by atomic mass is 10.0. The van der Waals surface area contributed by atoms with E-state index in [0.717, 1.165) is 64.2 Å². The zero-order valence-corrected chi connectivity index (χ0v) is 49.8. The second-order valence-corrected chi connectivity index (χ2v) is 21.7. The zero-order valence-electron chi connectivity index (χ0n) is 49.8. The van der Waals surface area contributed by atoms with Crippen molar-refractivity contribution in [2.45, 2.75) is 335 Å². The number of unbranched alkanes of at least 4 members (excludes halogenated alkanes) is 36. The molecule has 0 N–H and O–H groups in total. The molecule has 0 saturated carbocycles. The molecule has 0 heterocycles. The summed E-state index contributed by atoms with van der Waals surface area (Å²) >= 11 is 0. The van der Waals surface area contributed by atoms with E-state index in [1.807, 2.05) is 6.08 Å². The van der Waals surface area contributed by atoms with Crippen LogP contribution in [0.1, 0.15) is 329 Å². The van der Waals surface area contributed by atoms with Crippen LogP contribution < -0.4 is 0 Å². The van der Waals surface area contributed by atoms with E-state index in [1.54, 1.807) is 0 Å². The molecule has 1 atom stereocenters. The highest BCUT2D eigenvalue weighted by Crippen LogP contribution is 2.17. The van der Waals surface area contributed by atoms with Crippen LogP contribution in [-0.2, 0) is 28.6 Å². The van der Waals surface area contributed by atoms with Crippen LogP contribution in [0.15, 0.2) is 72.9 Å². The van der Waals surface area contributed by atoms with Gasteiger partial charge in [0.2, 0.25) is 0 Å². The number of rotatable bonds is 59. The van der Waals surface area contributed by atoms with E-state index in [4.69, 9.17) is 14.2 Å². The average molecular weight is 1050 g/mol. The maximum atomic E-state index is 12.9. The normalized spacial score (nSPS) is 12.5. The summed E-state index contributed by atoms with van der Waals surface area (Å²) < 4.78 is 16.9. The minimum absolute atomic E-state index is 0.0951. The van der Waals surface area contributed by atoms with Crippen LogP contribution >= 0.6 is 0 Å². The van der Waals surface area contributed by atoms with Gasteiger partial charge < -0.3 is 14.2 Å². The minimum Gasteiger partial charge on any atom is -0.462 e. The van der Waals surface area contributed by atoms with Crippen LogP contribution in [0.2, 0.25) is 0 Å². The predicted molar refractivity (Wildman–Crippen MR) is 325 cm³/mol. The van der Waals surface area contributed by atoms with Crippen LogP contribution in [0.5, 0.6) is 0 Å². The highest BCUT2D eigenvalue weighted by Gasteiger charge is 2.19. The van der Waals surface area contributed by atoms with Crippen LogP contribution in [0.3, 0.4) is 0 Å². The SMILES string of the molecule is CCCCC/C=C\C/C=C\C/C=C\C/C=C\C/C=C\CCC(=O)OC[C@H](COC(=O)CCCCCCCCCCCCCCCCCCC)OC(=O)CCCCCCCCCCCCC/C=C\CCCCCCCC. The molecular weight excluding hydrogens is 925 g/mol. The summed E-state index contributed by atoms with van der Waals surface area (Å²) in [6.07, 6.45) is 82.0. The second kappa shape index (κ2) is 63.4. The number of carbonyl (C=O) groups excluding carboxylic acids is 3. The Kier molecular flexibility index (Phi) is 60.7. The Bertz CT molecular complexity index is 1390. The molecule has 75 heavy (non-hydrogen) atoms. The number of allylic oxidation sites excluding steroid dienone is 12. The molecule has 0 saturated heterocycles. The third kappa shape index (κ3) is 61.6. The molecule has 434 valence electrons. The van der Waals surface area contributed by atoms with Crippen LogP contribution in [0.25, 0.3) is 0 Å². The number of esters is 3. The second-order valence-electron chi connectivity index (χ2n) is 21.7. The van der Waals surface area contributed by atoms with Crippen molar-refractivity contribution in [3.63, 3.8) is 0 Å². The van der Waals surface area contributed by atoms with Crippen molar-refractivity contribution in [3.05, 3.63) is 72.9 Å². The molecule has 0 bridgehead atoms. The number of carbonyl (C=O) groups is 3. The largest absolute Gasteiger partial charge is 0.462 e. The fraction of sp³-hybridized carbons (Fsp3) is 0.783. The van der Waals surface area contributed by atoms with Gasteiger partial charge in [-0.2, -0.15) is 0 Å². The molecule has 0 radical (unpaired) electrons. The Hall–Kier alpha value is -3.15. The van der Waals surface area contributed by atoms with Crippen LogP contribution in [0, 0.1) is 0 Å². The van der Waals surface area contributed by atoms with Crippen molar-refractivity contribution in [1.29, 1.82) is 0 Å². The van der Waals surface area contributed by atoms with E-state index < -0.39 is 6.10 Å². The van der Waals surface area contributed by atoms with Gasteiger partial charge in [-0.15, -0.1) is 0 Å². The minimum atomic E-state index is -0.805. The predicted octanol–water partition coefficient (Wildman–Crippen LogP) is 22.1. The quantitative estimate of drug-likeness (QED) is 0.0261. The van der Waals surface area contributed by atoms with Crippen molar-refractivity contribution in [1.82, 2.24) is 0 Å². The zero-order chi connectivity index (χ0) is 54.3. The number of ether oxygens (including phenoxy) is 3.